The summed E-state index contributed by atoms with van der Waals surface area (Å²) in [6.07, 6.45) is 0. The second-order valence-electron chi connectivity index (χ2n) is 6.36. The molecule has 1 aliphatic rings. The summed E-state index contributed by atoms with van der Waals surface area (Å²) in [5.74, 6) is 0.597. The van der Waals surface area contributed by atoms with Crippen LogP contribution in [0.25, 0.3) is 5.69 Å². The van der Waals surface area contributed by atoms with Crippen LogP contribution in [0.4, 0.5) is 5.82 Å². The van der Waals surface area contributed by atoms with Gasteiger partial charge in [-0.3, -0.25) is 4.79 Å². The quantitative estimate of drug-likeness (QED) is 0.921. The van der Waals surface area contributed by atoms with Gasteiger partial charge in [0.25, 0.3) is 0 Å². The van der Waals surface area contributed by atoms with Crippen LogP contribution in [-0.2, 0) is 22.7 Å². The number of fused-ring (bicyclic) bond motifs is 1. The lowest BCUT2D eigenvalue weighted by Gasteiger charge is -2.19. The first-order valence-electron chi connectivity index (χ1n) is 7.12. The minimum absolute atomic E-state index is 0.0645. The highest BCUT2D eigenvalue weighted by molar-refractivity contribution is 6.30. The van der Waals surface area contributed by atoms with Crippen molar-refractivity contribution in [2.24, 2.45) is 5.41 Å². The van der Waals surface area contributed by atoms with Crippen molar-refractivity contribution in [3.05, 3.63) is 40.5 Å². The average molecular weight is 320 g/mol. The molecule has 0 spiro atoms. The van der Waals surface area contributed by atoms with Gasteiger partial charge in [0.05, 0.1) is 24.6 Å². The molecule has 1 N–H and O–H groups in total. The van der Waals surface area contributed by atoms with Crippen LogP contribution in [0.2, 0.25) is 5.02 Å². The zero-order valence-corrected chi connectivity index (χ0v) is 13.6. The summed E-state index contributed by atoms with van der Waals surface area (Å²) in [4.78, 5) is 12.4. The third kappa shape index (κ3) is 2.74. The van der Waals surface area contributed by atoms with E-state index in [4.69, 9.17) is 16.3 Å². The van der Waals surface area contributed by atoms with E-state index in [2.05, 4.69) is 10.4 Å². The number of hydrogen-bond donors (Lipinski definition) is 1. The summed E-state index contributed by atoms with van der Waals surface area (Å²) < 4.78 is 7.15. The van der Waals surface area contributed by atoms with Gasteiger partial charge in [-0.2, -0.15) is 5.10 Å². The first-order chi connectivity index (χ1) is 10.4. The molecule has 0 aliphatic carbocycles. The van der Waals surface area contributed by atoms with Crippen molar-refractivity contribution < 1.29 is 9.53 Å². The van der Waals surface area contributed by atoms with Gasteiger partial charge in [-0.25, -0.2) is 4.68 Å². The highest BCUT2D eigenvalue weighted by atomic mass is 35.5. The van der Waals surface area contributed by atoms with Crippen LogP contribution in [0, 0.1) is 5.41 Å². The lowest BCUT2D eigenvalue weighted by atomic mass is 9.95. The molecule has 2 heterocycles. The number of carbonyl (C=O) groups is 1. The van der Waals surface area contributed by atoms with Crippen molar-refractivity contribution in [3.63, 3.8) is 0 Å². The van der Waals surface area contributed by atoms with E-state index in [9.17, 15) is 4.79 Å². The van der Waals surface area contributed by atoms with Crippen molar-refractivity contribution in [1.29, 1.82) is 0 Å². The van der Waals surface area contributed by atoms with Gasteiger partial charge in [0, 0.05) is 16.0 Å². The Labute approximate surface area is 134 Å². The molecule has 1 aromatic carbocycles. The Balaban J connectivity index is 2.06. The molecule has 0 bridgehead atoms. The van der Waals surface area contributed by atoms with Crippen molar-refractivity contribution >= 4 is 23.3 Å². The lowest BCUT2D eigenvalue weighted by Crippen LogP contribution is -2.29. The first-order valence-corrected chi connectivity index (χ1v) is 7.50. The fourth-order valence-corrected chi connectivity index (χ4v) is 2.42. The van der Waals surface area contributed by atoms with Crippen LogP contribution >= 0.6 is 11.6 Å². The van der Waals surface area contributed by atoms with Crippen molar-refractivity contribution in [3.8, 4) is 5.69 Å². The molecular formula is C16H18ClN3O2. The van der Waals surface area contributed by atoms with Crippen LogP contribution < -0.4 is 5.32 Å². The number of ether oxygens (including phenoxy) is 1. The van der Waals surface area contributed by atoms with E-state index >= 15 is 0 Å². The smallest absolute Gasteiger partial charge is 0.230 e. The maximum atomic E-state index is 12.4. The molecule has 1 aliphatic heterocycles. The number of benzene rings is 1. The van der Waals surface area contributed by atoms with E-state index in [0.717, 1.165) is 16.9 Å². The molecule has 116 valence electrons. The van der Waals surface area contributed by atoms with Crippen LogP contribution in [0.15, 0.2) is 24.3 Å². The number of rotatable bonds is 2. The fourth-order valence-electron chi connectivity index (χ4n) is 2.23. The Hall–Kier alpha value is -1.85. The zero-order valence-electron chi connectivity index (χ0n) is 12.8. The van der Waals surface area contributed by atoms with Gasteiger partial charge in [-0.1, -0.05) is 38.4 Å². The summed E-state index contributed by atoms with van der Waals surface area (Å²) >= 11 is 6.07. The lowest BCUT2D eigenvalue weighted by molar-refractivity contribution is -0.123. The molecule has 6 heteroatoms. The molecule has 1 aromatic heterocycles. The molecule has 1 amide bonds. The van der Waals surface area contributed by atoms with Gasteiger partial charge >= 0.3 is 0 Å². The molecule has 5 nitrogen and oxygen atoms in total. The Morgan fingerprint density at radius 1 is 1.36 bits per heavy atom. The van der Waals surface area contributed by atoms with Crippen LogP contribution in [0.5, 0.6) is 0 Å². The average Bonchev–Trinajstić information content (AvgIpc) is 3.00. The minimum Gasteiger partial charge on any atom is -0.370 e. The van der Waals surface area contributed by atoms with Crippen molar-refractivity contribution in [2.75, 3.05) is 5.32 Å². The van der Waals surface area contributed by atoms with E-state index < -0.39 is 5.41 Å². The summed E-state index contributed by atoms with van der Waals surface area (Å²) in [5, 5.41) is 8.17. The number of aromatic nitrogens is 2. The van der Waals surface area contributed by atoms with E-state index in [1.807, 2.05) is 39.0 Å². The largest absolute Gasteiger partial charge is 0.370 e. The summed E-state index contributed by atoms with van der Waals surface area (Å²) in [5.41, 5.74) is 2.10. The number of nitrogens with zero attached hydrogens (tertiary/aromatic N) is 2. The van der Waals surface area contributed by atoms with Crippen LogP contribution in [0.1, 0.15) is 32.0 Å². The maximum Gasteiger partial charge on any atom is 0.230 e. The van der Waals surface area contributed by atoms with E-state index in [0.29, 0.717) is 24.1 Å². The highest BCUT2D eigenvalue weighted by Crippen LogP contribution is 2.31. The number of amides is 1. The Bertz CT molecular complexity index is 731. The third-order valence-electron chi connectivity index (χ3n) is 3.52. The van der Waals surface area contributed by atoms with Gasteiger partial charge in [0.2, 0.25) is 5.91 Å². The van der Waals surface area contributed by atoms with E-state index in [-0.39, 0.29) is 5.91 Å². The Morgan fingerprint density at radius 2 is 2.14 bits per heavy atom. The monoisotopic (exact) mass is 319 g/mol. The first kappa shape index (κ1) is 15.1. The van der Waals surface area contributed by atoms with Gasteiger partial charge in [-0.05, 0) is 18.2 Å². The fraction of sp³-hybridized carbons (Fsp3) is 0.375. The molecule has 3 rings (SSSR count). The molecular weight excluding hydrogens is 302 g/mol. The maximum absolute atomic E-state index is 12.4. The molecule has 0 atom stereocenters. The van der Waals surface area contributed by atoms with Gasteiger partial charge in [0.15, 0.2) is 0 Å². The Kier molecular flexibility index (Phi) is 3.70. The number of halogens is 1. The minimum atomic E-state index is -0.490. The molecule has 0 radical (unpaired) electrons. The third-order valence-corrected chi connectivity index (χ3v) is 3.75. The Morgan fingerprint density at radius 3 is 2.82 bits per heavy atom. The van der Waals surface area contributed by atoms with E-state index in [1.54, 1.807) is 10.7 Å². The SMILES string of the molecule is CC(C)(C)C(=O)Nc1c2c(nn1-c1cccc(Cl)c1)COC2. The van der Waals surface area contributed by atoms with Crippen LogP contribution in [0.3, 0.4) is 0 Å². The van der Waals surface area contributed by atoms with Crippen molar-refractivity contribution in [2.45, 2.75) is 34.0 Å². The molecule has 0 fully saturated rings. The van der Waals surface area contributed by atoms with E-state index in [1.165, 1.54) is 0 Å². The van der Waals surface area contributed by atoms with Gasteiger partial charge in [-0.15, -0.1) is 0 Å². The standard InChI is InChI=1S/C16H18ClN3O2/c1-16(2,3)15(21)18-14-12-8-22-9-13(12)19-20(14)11-6-4-5-10(17)7-11/h4-7H,8-9H2,1-3H3,(H,18,21). The molecule has 22 heavy (non-hydrogen) atoms. The molecule has 0 unspecified atom stereocenters. The highest BCUT2D eigenvalue weighted by Gasteiger charge is 2.28. The predicted molar refractivity (Wildman–Crippen MR) is 85.2 cm³/mol. The zero-order chi connectivity index (χ0) is 15.9. The van der Waals surface area contributed by atoms with Gasteiger partial charge in [0.1, 0.15) is 5.82 Å². The number of carbonyl (C=O) groups excluding carboxylic acids is 1. The molecule has 2 aromatic rings. The second kappa shape index (κ2) is 5.41. The summed E-state index contributed by atoms with van der Waals surface area (Å²) in [6.45, 7) is 6.54. The topological polar surface area (TPSA) is 56.2 Å². The van der Waals surface area contributed by atoms with Gasteiger partial charge < -0.3 is 10.1 Å². The molecule has 0 saturated heterocycles. The summed E-state index contributed by atoms with van der Waals surface area (Å²) in [7, 11) is 0. The molecule has 0 saturated carbocycles. The predicted octanol–water partition coefficient (Wildman–Crippen LogP) is 3.54. The number of nitrogens with one attached hydrogen (secondary N) is 1. The normalized spacial score (nSPS) is 14.0. The van der Waals surface area contributed by atoms with Crippen molar-refractivity contribution in [1.82, 2.24) is 9.78 Å². The van der Waals surface area contributed by atoms with Crippen LogP contribution in [-0.4, -0.2) is 15.7 Å². The second-order valence-corrected chi connectivity index (χ2v) is 6.80. The summed E-state index contributed by atoms with van der Waals surface area (Å²) in [6, 6.07) is 7.38. The number of hydrogen-bond acceptors (Lipinski definition) is 3. The number of anilines is 1.